The summed E-state index contributed by atoms with van der Waals surface area (Å²) in [4.78, 5) is 28.2. The minimum atomic E-state index is -0.471. The van der Waals surface area contributed by atoms with Crippen molar-refractivity contribution in [2.24, 2.45) is 5.92 Å². The third kappa shape index (κ3) is 3.63. The van der Waals surface area contributed by atoms with Gasteiger partial charge in [0.05, 0.1) is 22.6 Å². The number of anilines is 1. The van der Waals surface area contributed by atoms with Crippen LogP contribution in [0.4, 0.5) is 10.8 Å². The van der Waals surface area contributed by atoms with Gasteiger partial charge in [-0.25, -0.2) is 4.98 Å². The normalized spacial score (nSPS) is 14.5. The van der Waals surface area contributed by atoms with E-state index < -0.39 is 4.92 Å². The number of carbonyl (C=O) groups excluding carboxylic acids is 1. The van der Waals surface area contributed by atoms with E-state index in [2.05, 4.69) is 10.3 Å². The number of nitrogens with one attached hydrogen (secondary N) is 1. The minimum absolute atomic E-state index is 0.0125. The Bertz CT molecular complexity index is 812. The number of benzene rings is 1. The molecular weight excluding hydrogens is 342 g/mol. The average molecular weight is 361 g/mol. The van der Waals surface area contributed by atoms with E-state index >= 15 is 0 Å². The van der Waals surface area contributed by atoms with Gasteiger partial charge >= 0.3 is 5.69 Å². The highest BCUT2D eigenvalue weighted by Crippen LogP contribution is 2.38. The van der Waals surface area contributed by atoms with Crippen molar-refractivity contribution in [1.82, 2.24) is 4.98 Å². The quantitative estimate of drug-likeness (QED) is 0.637. The van der Waals surface area contributed by atoms with Crippen LogP contribution in [-0.4, -0.2) is 22.9 Å². The molecule has 0 saturated heterocycles. The Hall–Kier alpha value is -2.48. The molecule has 0 spiro atoms. The monoisotopic (exact) mass is 361 g/mol. The van der Waals surface area contributed by atoms with Gasteiger partial charge in [-0.2, -0.15) is 0 Å². The lowest BCUT2D eigenvalue weighted by atomic mass is 10.1. The fourth-order valence-electron chi connectivity index (χ4n) is 3.09. The van der Waals surface area contributed by atoms with Gasteiger partial charge in [-0.3, -0.25) is 14.9 Å². The highest BCUT2D eigenvalue weighted by atomic mass is 32.1. The SMILES string of the molecule is COc1ccc(-c2sc(NC(=O)C3CCCC3)nc2C)cc1[N+](=O)[O-]. The molecule has 1 aliphatic rings. The highest BCUT2D eigenvalue weighted by Gasteiger charge is 2.24. The van der Waals surface area contributed by atoms with Crippen LogP contribution < -0.4 is 10.1 Å². The average Bonchev–Trinajstić information content (AvgIpc) is 3.24. The molecule has 1 aliphatic carbocycles. The summed E-state index contributed by atoms with van der Waals surface area (Å²) in [6, 6.07) is 4.81. The maximum atomic E-state index is 12.2. The van der Waals surface area contributed by atoms with Crippen LogP contribution in [0.3, 0.4) is 0 Å². The van der Waals surface area contributed by atoms with Gasteiger partial charge in [-0.15, -0.1) is 0 Å². The lowest BCUT2D eigenvalue weighted by molar-refractivity contribution is -0.385. The number of nitrogens with zero attached hydrogens (tertiary/aromatic N) is 2. The first kappa shape index (κ1) is 17.3. The molecule has 132 valence electrons. The fraction of sp³-hybridized carbons (Fsp3) is 0.412. The smallest absolute Gasteiger partial charge is 0.311 e. The summed E-state index contributed by atoms with van der Waals surface area (Å²) in [6.45, 7) is 1.83. The summed E-state index contributed by atoms with van der Waals surface area (Å²) in [5.74, 6) is 0.291. The molecule has 1 amide bonds. The molecule has 1 heterocycles. The largest absolute Gasteiger partial charge is 0.490 e. The Balaban J connectivity index is 1.86. The lowest BCUT2D eigenvalue weighted by Crippen LogP contribution is -2.20. The second kappa shape index (κ2) is 7.18. The van der Waals surface area contributed by atoms with Gasteiger partial charge in [0.2, 0.25) is 5.91 Å². The number of nitro benzene ring substituents is 1. The summed E-state index contributed by atoms with van der Waals surface area (Å²) < 4.78 is 5.03. The van der Waals surface area contributed by atoms with Crippen LogP contribution in [0.1, 0.15) is 31.4 Å². The predicted molar refractivity (Wildman–Crippen MR) is 96.1 cm³/mol. The van der Waals surface area contributed by atoms with E-state index in [1.807, 2.05) is 6.92 Å². The summed E-state index contributed by atoms with van der Waals surface area (Å²) in [6.07, 6.45) is 4.03. The summed E-state index contributed by atoms with van der Waals surface area (Å²) >= 11 is 1.33. The summed E-state index contributed by atoms with van der Waals surface area (Å²) in [5, 5.41) is 14.6. The van der Waals surface area contributed by atoms with E-state index in [9.17, 15) is 14.9 Å². The number of hydrogen-bond donors (Lipinski definition) is 1. The molecule has 1 aromatic carbocycles. The Morgan fingerprint density at radius 2 is 2.12 bits per heavy atom. The van der Waals surface area contributed by atoms with E-state index in [0.717, 1.165) is 36.3 Å². The molecule has 1 fully saturated rings. The zero-order valence-corrected chi connectivity index (χ0v) is 14.9. The number of amides is 1. The molecule has 3 rings (SSSR count). The Morgan fingerprint density at radius 3 is 2.76 bits per heavy atom. The van der Waals surface area contributed by atoms with Crippen molar-refractivity contribution in [3.05, 3.63) is 34.0 Å². The van der Waals surface area contributed by atoms with E-state index in [4.69, 9.17) is 4.74 Å². The molecule has 1 aromatic heterocycles. The molecule has 25 heavy (non-hydrogen) atoms. The van der Waals surface area contributed by atoms with Crippen molar-refractivity contribution in [3.8, 4) is 16.2 Å². The number of aryl methyl sites for hydroxylation is 1. The molecular formula is C17H19N3O4S. The van der Waals surface area contributed by atoms with Crippen LogP contribution in [0.5, 0.6) is 5.75 Å². The van der Waals surface area contributed by atoms with Crippen molar-refractivity contribution in [2.75, 3.05) is 12.4 Å². The maximum Gasteiger partial charge on any atom is 0.311 e. The van der Waals surface area contributed by atoms with Crippen molar-refractivity contribution in [3.63, 3.8) is 0 Å². The zero-order chi connectivity index (χ0) is 18.0. The van der Waals surface area contributed by atoms with Gasteiger partial charge in [0, 0.05) is 17.5 Å². The van der Waals surface area contributed by atoms with Gasteiger partial charge in [0.25, 0.3) is 0 Å². The number of thiazole rings is 1. The number of methoxy groups -OCH3 is 1. The fourth-order valence-corrected chi connectivity index (χ4v) is 4.05. The first-order chi connectivity index (χ1) is 12.0. The number of ether oxygens (including phenoxy) is 1. The molecule has 0 radical (unpaired) electrons. The van der Waals surface area contributed by atoms with Crippen LogP contribution in [0.15, 0.2) is 18.2 Å². The van der Waals surface area contributed by atoms with Crippen LogP contribution in [0.2, 0.25) is 0 Å². The first-order valence-electron chi connectivity index (χ1n) is 8.10. The van der Waals surface area contributed by atoms with Gasteiger partial charge in [-0.1, -0.05) is 24.2 Å². The van der Waals surface area contributed by atoms with Crippen LogP contribution in [0.25, 0.3) is 10.4 Å². The molecule has 0 aliphatic heterocycles. The minimum Gasteiger partial charge on any atom is -0.490 e. The van der Waals surface area contributed by atoms with Crippen molar-refractivity contribution >= 4 is 28.1 Å². The Labute approximate surface area is 149 Å². The summed E-state index contributed by atoms with van der Waals surface area (Å²) in [5.41, 5.74) is 1.32. The van der Waals surface area contributed by atoms with E-state index in [1.54, 1.807) is 12.1 Å². The number of nitro groups is 1. The van der Waals surface area contributed by atoms with Gasteiger partial charge in [0.1, 0.15) is 0 Å². The Morgan fingerprint density at radius 1 is 1.40 bits per heavy atom. The van der Waals surface area contributed by atoms with Crippen LogP contribution >= 0.6 is 11.3 Å². The van der Waals surface area contributed by atoms with Crippen LogP contribution in [-0.2, 0) is 4.79 Å². The van der Waals surface area contributed by atoms with Crippen molar-refractivity contribution in [2.45, 2.75) is 32.6 Å². The first-order valence-corrected chi connectivity index (χ1v) is 8.92. The second-order valence-electron chi connectivity index (χ2n) is 6.05. The maximum absolute atomic E-state index is 12.2. The van der Waals surface area contributed by atoms with Crippen molar-refractivity contribution in [1.29, 1.82) is 0 Å². The zero-order valence-electron chi connectivity index (χ0n) is 14.1. The lowest BCUT2D eigenvalue weighted by Gasteiger charge is -2.07. The molecule has 8 heteroatoms. The predicted octanol–water partition coefficient (Wildman–Crippen LogP) is 4.16. The molecule has 7 nitrogen and oxygen atoms in total. The molecule has 1 N–H and O–H groups in total. The third-order valence-electron chi connectivity index (χ3n) is 4.39. The van der Waals surface area contributed by atoms with Gasteiger partial charge < -0.3 is 10.1 Å². The van der Waals surface area contributed by atoms with E-state index in [0.29, 0.717) is 10.7 Å². The van der Waals surface area contributed by atoms with E-state index in [1.165, 1.54) is 24.5 Å². The number of hydrogen-bond acceptors (Lipinski definition) is 6. The van der Waals surface area contributed by atoms with Crippen molar-refractivity contribution < 1.29 is 14.5 Å². The number of rotatable bonds is 5. The topological polar surface area (TPSA) is 94.4 Å². The highest BCUT2D eigenvalue weighted by molar-refractivity contribution is 7.19. The third-order valence-corrected chi connectivity index (χ3v) is 5.51. The standard InChI is InChI=1S/C17H19N3O4S/c1-10-15(12-7-8-14(24-2)13(9-12)20(22)23)25-17(18-10)19-16(21)11-5-3-4-6-11/h7-9,11H,3-6H2,1-2H3,(H,18,19,21). The van der Waals surface area contributed by atoms with Gasteiger partial charge in [-0.05, 0) is 31.9 Å². The summed E-state index contributed by atoms with van der Waals surface area (Å²) in [7, 11) is 1.40. The number of aromatic nitrogens is 1. The Kier molecular flexibility index (Phi) is 4.98. The van der Waals surface area contributed by atoms with Crippen LogP contribution in [0, 0.1) is 23.0 Å². The van der Waals surface area contributed by atoms with Gasteiger partial charge in [0.15, 0.2) is 10.9 Å². The molecule has 0 atom stereocenters. The second-order valence-corrected chi connectivity index (χ2v) is 7.05. The molecule has 0 bridgehead atoms. The van der Waals surface area contributed by atoms with E-state index in [-0.39, 0.29) is 23.3 Å². The molecule has 0 unspecified atom stereocenters. The molecule has 1 saturated carbocycles. The number of carbonyl (C=O) groups is 1. The molecule has 2 aromatic rings.